The van der Waals surface area contributed by atoms with Gasteiger partial charge in [0.25, 0.3) is 5.91 Å². The Balaban J connectivity index is 2.33. The quantitative estimate of drug-likeness (QED) is 0.908. The average Bonchev–Trinajstić information content (AvgIpc) is 2.40. The number of carbonyl (C=O) groups excluding carboxylic acids is 1. The molecule has 0 saturated carbocycles. The number of anilines is 2. The second-order valence-electron chi connectivity index (χ2n) is 4.38. The van der Waals surface area contributed by atoms with Crippen LogP contribution in [0.1, 0.15) is 10.4 Å². The molecule has 2 rings (SSSR count). The van der Waals surface area contributed by atoms with E-state index in [1.54, 1.807) is 24.3 Å². The summed E-state index contributed by atoms with van der Waals surface area (Å²) in [6.07, 6.45) is 1.01. The van der Waals surface area contributed by atoms with Crippen LogP contribution < -0.4 is 10.0 Å². The van der Waals surface area contributed by atoms with Crippen LogP contribution in [0.25, 0.3) is 0 Å². The fourth-order valence-electron chi connectivity index (χ4n) is 1.71. The van der Waals surface area contributed by atoms with Crippen molar-refractivity contribution in [3.8, 4) is 0 Å². The van der Waals surface area contributed by atoms with Crippen molar-refractivity contribution in [2.75, 3.05) is 16.3 Å². The summed E-state index contributed by atoms with van der Waals surface area (Å²) in [5.74, 6) is -0.449. The molecule has 0 heterocycles. The molecule has 5 nitrogen and oxygen atoms in total. The lowest BCUT2D eigenvalue weighted by Gasteiger charge is -2.11. The van der Waals surface area contributed by atoms with Crippen LogP contribution in [0.4, 0.5) is 11.4 Å². The lowest BCUT2D eigenvalue weighted by Crippen LogP contribution is -2.17. The van der Waals surface area contributed by atoms with Crippen LogP contribution >= 0.6 is 11.6 Å². The Morgan fingerprint density at radius 1 is 1.10 bits per heavy atom. The second-order valence-corrected chi connectivity index (χ2v) is 6.57. The Labute approximate surface area is 128 Å². The molecule has 2 aromatic carbocycles. The Morgan fingerprint density at radius 3 is 2.38 bits per heavy atom. The van der Waals surface area contributed by atoms with E-state index >= 15 is 0 Å². The van der Waals surface area contributed by atoms with Crippen LogP contribution in [0.2, 0.25) is 5.02 Å². The predicted octanol–water partition coefficient (Wildman–Crippen LogP) is 2.96. The predicted molar refractivity (Wildman–Crippen MR) is 84.3 cm³/mol. The van der Waals surface area contributed by atoms with Crippen LogP contribution in [0, 0.1) is 0 Å². The molecule has 0 bridgehead atoms. The number of hydrogen-bond donors (Lipinski definition) is 2. The number of amides is 1. The van der Waals surface area contributed by atoms with Gasteiger partial charge in [0.2, 0.25) is 10.0 Å². The largest absolute Gasteiger partial charge is 0.322 e. The first-order valence-corrected chi connectivity index (χ1v) is 8.26. The van der Waals surface area contributed by atoms with Crippen molar-refractivity contribution in [3.05, 3.63) is 59.1 Å². The maximum Gasteiger partial charge on any atom is 0.257 e. The van der Waals surface area contributed by atoms with Gasteiger partial charge in [0.15, 0.2) is 0 Å². The summed E-state index contributed by atoms with van der Waals surface area (Å²) in [4.78, 5) is 12.3. The molecule has 0 aromatic heterocycles. The summed E-state index contributed by atoms with van der Waals surface area (Å²) in [5, 5.41) is 3.02. The van der Waals surface area contributed by atoms with Gasteiger partial charge in [-0.1, -0.05) is 29.8 Å². The van der Waals surface area contributed by atoms with Gasteiger partial charge in [-0.15, -0.1) is 0 Å². The highest BCUT2D eigenvalue weighted by molar-refractivity contribution is 7.92. The summed E-state index contributed by atoms with van der Waals surface area (Å²) in [5.41, 5.74) is 0.930. The van der Waals surface area contributed by atoms with Crippen LogP contribution in [-0.4, -0.2) is 20.6 Å². The molecule has 0 unspecified atom stereocenters. The van der Waals surface area contributed by atoms with Crippen molar-refractivity contribution in [2.24, 2.45) is 0 Å². The SMILES string of the molecule is CS(=O)(=O)Nc1ccc(Cl)cc1C(=O)Nc1ccccc1. The van der Waals surface area contributed by atoms with Crippen molar-refractivity contribution in [1.82, 2.24) is 0 Å². The maximum absolute atomic E-state index is 12.3. The van der Waals surface area contributed by atoms with Gasteiger partial charge < -0.3 is 5.32 Å². The van der Waals surface area contributed by atoms with Gasteiger partial charge >= 0.3 is 0 Å². The number of hydrogen-bond acceptors (Lipinski definition) is 3. The first kappa shape index (κ1) is 15.3. The normalized spacial score (nSPS) is 11.0. The number of rotatable bonds is 4. The first-order chi connectivity index (χ1) is 9.85. The Morgan fingerprint density at radius 2 is 1.76 bits per heavy atom. The number of sulfonamides is 1. The van der Waals surface area contributed by atoms with E-state index < -0.39 is 15.9 Å². The molecule has 1 amide bonds. The first-order valence-electron chi connectivity index (χ1n) is 5.99. The molecule has 21 heavy (non-hydrogen) atoms. The van der Waals surface area contributed by atoms with E-state index in [9.17, 15) is 13.2 Å². The van der Waals surface area contributed by atoms with E-state index in [4.69, 9.17) is 11.6 Å². The summed E-state index contributed by atoms with van der Waals surface area (Å²) in [7, 11) is -3.49. The lowest BCUT2D eigenvalue weighted by atomic mass is 10.1. The van der Waals surface area contributed by atoms with Crippen LogP contribution in [-0.2, 0) is 10.0 Å². The van der Waals surface area contributed by atoms with Crippen molar-refractivity contribution in [3.63, 3.8) is 0 Å². The molecular formula is C14H13ClN2O3S. The van der Waals surface area contributed by atoms with E-state index in [1.807, 2.05) is 6.07 Å². The minimum Gasteiger partial charge on any atom is -0.322 e. The zero-order valence-corrected chi connectivity index (χ0v) is 12.7. The molecule has 0 radical (unpaired) electrons. The summed E-state index contributed by atoms with van der Waals surface area (Å²) >= 11 is 5.88. The zero-order valence-electron chi connectivity index (χ0n) is 11.1. The minimum absolute atomic E-state index is 0.150. The third kappa shape index (κ3) is 4.47. The fraction of sp³-hybridized carbons (Fsp3) is 0.0714. The van der Waals surface area contributed by atoms with E-state index in [2.05, 4.69) is 10.0 Å². The maximum atomic E-state index is 12.3. The minimum atomic E-state index is -3.49. The summed E-state index contributed by atoms with van der Waals surface area (Å²) in [6, 6.07) is 13.2. The molecule has 0 aliphatic rings. The molecular weight excluding hydrogens is 312 g/mol. The molecule has 0 saturated heterocycles. The molecule has 0 aliphatic carbocycles. The van der Waals surface area contributed by atoms with Crippen molar-refractivity contribution in [1.29, 1.82) is 0 Å². The van der Waals surface area contributed by atoms with E-state index in [-0.39, 0.29) is 11.3 Å². The summed E-state index contributed by atoms with van der Waals surface area (Å²) < 4.78 is 25.0. The molecule has 0 aliphatic heterocycles. The number of halogens is 1. The van der Waals surface area contributed by atoms with Crippen LogP contribution in [0.5, 0.6) is 0 Å². The summed E-state index contributed by atoms with van der Waals surface area (Å²) in [6.45, 7) is 0. The third-order valence-corrected chi connectivity index (χ3v) is 3.38. The molecule has 0 spiro atoms. The van der Waals surface area contributed by atoms with Crippen LogP contribution in [0.15, 0.2) is 48.5 Å². The number of para-hydroxylation sites is 1. The Hall–Kier alpha value is -2.05. The highest BCUT2D eigenvalue weighted by atomic mass is 35.5. The fourth-order valence-corrected chi connectivity index (χ4v) is 2.46. The zero-order chi connectivity index (χ0) is 15.5. The monoisotopic (exact) mass is 324 g/mol. The number of carbonyl (C=O) groups is 1. The van der Waals surface area contributed by atoms with E-state index in [0.717, 1.165) is 6.26 Å². The van der Waals surface area contributed by atoms with Crippen LogP contribution in [0.3, 0.4) is 0 Å². The Bertz CT molecular complexity index is 761. The molecule has 0 fully saturated rings. The van der Waals surface area contributed by atoms with Gasteiger partial charge in [-0.05, 0) is 30.3 Å². The molecule has 2 N–H and O–H groups in total. The Kier molecular flexibility index (Phi) is 4.50. The van der Waals surface area contributed by atoms with Gasteiger partial charge in [0.1, 0.15) is 0 Å². The molecule has 110 valence electrons. The highest BCUT2D eigenvalue weighted by Gasteiger charge is 2.15. The van der Waals surface area contributed by atoms with Gasteiger partial charge in [0.05, 0.1) is 17.5 Å². The highest BCUT2D eigenvalue weighted by Crippen LogP contribution is 2.22. The van der Waals surface area contributed by atoms with Gasteiger partial charge in [-0.3, -0.25) is 9.52 Å². The van der Waals surface area contributed by atoms with Gasteiger partial charge in [0, 0.05) is 10.7 Å². The van der Waals surface area contributed by atoms with Gasteiger partial charge in [-0.2, -0.15) is 0 Å². The van der Waals surface area contributed by atoms with Crippen molar-refractivity contribution < 1.29 is 13.2 Å². The van der Waals surface area contributed by atoms with Crippen molar-refractivity contribution >= 4 is 38.9 Å². The number of benzene rings is 2. The molecule has 7 heteroatoms. The third-order valence-electron chi connectivity index (χ3n) is 2.55. The number of nitrogens with one attached hydrogen (secondary N) is 2. The lowest BCUT2D eigenvalue weighted by molar-refractivity contribution is 0.102. The molecule has 2 aromatic rings. The topological polar surface area (TPSA) is 75.3 Å². The standard InChI is InChI=1S/C14H13ClN2O3S/c1-21(19,20)17-13-8-7-10(15)9-12(13)14(18)16-11-5-3-2-4-6-11/h2-9,17H,1H3,(H,16,18). The average molecular weight is 325 g/mol. The second kappa shape index (κ2) is 6.15. The van der Waals surface area contributed by atoms with E-state index in [0.29, 0.717) is 10.7 Å². The molecule has 0 atom stereocenters. The van der Waals surface area contributed by atoms with Gasteiger partial charge in [-0.25, -0.2) is 8.42 Å². The van der Waals surface area contributed by atoms with E-state index in [1.165, 1.54) is 18.2 Å². The smallest absolute Gasteiger partial charge is 0.257 e. The van der Waals surface area contributed by atoms with Crippen molar-refractivity contribution in [2.45, 2.75) is 0 Å².